The number of ether oxygens (including phenoxy) is 2. The first-order valence-corrected chi connectivity index (χ1v) is 7.35. The number of aryl methyl sites for hydroxylation is 1. The molecule has 0 radical (unpaired) electrons. The van der Waals surface area contributed by atoms with Crippen LogP contribution in [0.2, 0.25) is 0 Å². The van der Waals surface area contributed by atoms with Gasteiger partial charge < -0.3 is 14.8 Å². The highest BCUT2D eigenvalue weighted by atomic mass is 16.5. The zero-order chi connectivity index (χ0) is 14.6. The van der Waals surface area contributed by atoms with Gasteiger partial charge in [-0.3, -0.25) is 0 Å². The molecule has 112 valence electrons. The van der Waals surface area contributed by atoms with Crippen molar-refractivity contribution in [1.82, 2.24) is 10.3 Å². The Morgan fingerprint density at radius 3 is 2.85 bits per heavy atom. The van der Waals surface area contributed by atoms with Crippen LogP contribution in [-0.4, -0.2) is 30.3 Å². The molecular formula is C16H26N2O2. The summed E-state index contributed by atoms with van der Waals surface area (Å²) in [5.74, 6) is 1.23. The summed E-state index contributed by atoms with van der Waals surface area (Å²) in [4.78, 5) is 4.45. The van der Waals surface area contributed by atoms with Crippen molar-refractivity contribution < 1.29 is 9.47 Å². The summed E-state index contributed by atoms with van der Waals surface area (Å²) >= 11 is 0. The first-order valence-electron chi connectivity index (χ1n) is 7.35. The second-order valence-corrected chi connectivity index (χ2v) is 6.60. The van der Waals surface area contributed by atoms with Crippen LogP contribution < -0.4 is 10.1 Å². The maximum Gasteiger partial charge on any atom is 0.213 e. The largest absolute Gasteiger partial charge is 0.477 e. The molecule has 1 fully saturated rings. The van der Waals surface area contributed by atoms with Crippen molar-refractivity contribution in [3.8, 4) is 5.88 Å². The van der Waals surface area contributed by atoms with Gasteiger partial charge in [-0.15, -0.1) is 0 Å². The van der Waals surface area contributed by atoms with Gasteiger partial charge in [-0.25, -0.2) is 4.98 Å². The van der Waals surface area contributed by atoms with Crippen LogP contribution in [0, 0.1) is 12.8 Å². The Balaban J connectivity index is 1.93. The average Bonchev–Trinajstić information content (AvgIpc) is 2.86. The van der Waals surface area contributed by atoms with E-state index in [1.807, 2.05) is 13.0 Å². The third-order valence-corrected chi connectivity index (χ3v) is 3.30. The molecule has 2 heterocycles. The molecule has 20 heavy (non-hydrogen) atoms. The minimum atomic E-state index is 0.110. The number of hydrogen-bond donors (Lipinski definition) is 1. The van der Waals surface area contributed by atoms with Crippen molar-refractivity contribution in [1.29, 1.82) is 0 Å². The molecule has 1 aromatic rings. The predicted octanol–water partition coefficient (Wildman–Crippen LogP) is 2.69. The van der Waals surface area contributed by atoms with E-state index in [-0.39, 0.29) is 5.54 Å². The van der Waals surface area contributed by atoms with Crippen molar-refractivity contribution >= 4 is 0 Å². The minimum Gasteiger partial charge on any atom is -0.477 e. The minimum absolute atomic E-state index is 0.110. The monoisotopic (exact) mass is 278 g/mol. The lowest BCUT2D eigenvalue weighted by molar-refractivity contribution is 0.165. The lowest BCUT2D eigenvalue weighted by atomic mass is 10.1. The smallest absolute Gasteiger partial charge is 0.213 e. The summed E-state index contributed by atoms with van der Waals surface area (Å²) in [7, 11) is 0. The van der Waals surface area contributed by atoms with Gasteiger partial charge in [-0.05, 0) is 45.7 Å². The third-order valence-electron chi connectivity index (χ3n) is 3.30. The van der Waals surface area contributed by atoms with E-state index < -0.39 is 0 Å². The van der Waals surface area contributed by atoms with Crippen molar-refractivity contribution in [3.05, 3.63) is 23.4 Å². The zero-order valence-corrected chi connectivity index (χ0v) is 13.0. The molecule has 0 amide bonds. The predicted molar refractivity (Wildman–Crippen MR) is 80.0 cm³/mol. The van der Waals surface area contributed by atoms with Crippen LogP contribution in [0.1, 0.15) is 38.4 Å². The van der Waals surface area contributed by atoms with E-state index in [1.54, 1.807) is 0 Å². The molecule has 1 aliphatic heterocycles. The highest BCUT2D eigenvalue weighted by Gasteiger charge is 2.16. The molecule has 4 nitrogen and oxygen atoms in total. The van der Waals surface area contributed by atoms with E-state index in [0.717, 1.165) is 37.8 Å². The summed E-state index contributed by atoms with van der Waals surface area (Å²) in [5, 5.41) is 3.49. The van der Waals surface area contributed by atoms with E-state index in [9.17, 15) is 0 Å². The summed E-state index contributed by atoms with van der Waals surface area (Å²) in [5.41, 5.74) is 2.32. The van der Waals surface area contributed by atoms with Crippen molar-refractivity contribution in [2.45, 2.75) is 46.2 Å². The quantitative estimate of drug-likeness (QED) is 0.899. The molecule has 1 N–H and O–H groups in total. The number of pyridine rings is 1. The molecule has 0 aliphatic carbocycles. The third kappa shape index (κ3) is 5.10. The topological polar surface area (TPSA) is 43.4 Å². The van der Waals surface area contributed by atoms with E-state index in [0.29, 0.717) is 12.5 Å². The first-order chi connectivity index (χ1) is 9.42. The SMILES string of the molecule is Cc1cc(CNC(C)(C)C)cc(OCC2CCOC2)n1. The molecule has 4 heteroatoms. The van der Waals surface area contributed by atoms with Gasteiger partial charge in [0.2, 0.25) is 5.88 Å². The second kappa shape index (κ2) is 6.55. The number of hydrogen-bond acceptors (Lipinski definition) is 4. The molecule has 1 saturated heterocycles. The van der Waals surface area contributed by atoms with Crippen LogP contribution in [0.25, 0.3) is 0 Å². The lowest BCUT2D eigenvalue weighted by Crippen LogP contribution is -2.35. The van der Waals surface area contributed by atoms with E-state index in [4.69, 9.17) is 9.47 Å². The van der Waals surface area contributed by atoms with Crippen molar-refractivity contribution in [3.63, 3.8) is 0 Å². The zero-order valence-electron chi connectivity index (χ0n) is 13.0. The van der Waals surface area contributed by atoms with E-state index in [2.05, 4.69) is 37.1 Å². The molecule has 2 rings (SSSR count). The van der Waals surface area contributed by atoms with Crippen LogP contribution in [-0.2, 0) is 11.3 Å². The van der Waals surface area contributed by atoms with Gasteiger partial charge in [0.15, 0.2) is 0 Å². The average molecular weight is 278 g/mol. The molecule has 0 saturated carbocycles. The van der Waals surface area contributed by atoms with E-state index in [1.165, 1.54) is 5.56 Å². The molecule has 1 unspecified atom stereocenters. The van der Waals surface area contributed by atoms with Crippen molar-refractivity contribution in [2.75, 3.05) is 19.8 Å². The second-order valence-electron chi connectivity index (χ2n) is 6.60. The van der Waals surface area contributed by atoms with Gasteiger partial charge in [0, 0.05) is 36.4 Å². The Labute approximate surface area is 121 Å². The van der Waals surface area contributed by atoms with Gasteiger partial charge >= 0.3 is 0 Å². The molecule has 1 aliphatic rings. The molecule has 0 spiro atoms. The molecule has 0 aromatic carbocycles. The molecule has 1 atom stereocenters. The van der Waals surface area contributed by atoms with Crippen molar-refractivity contribution in [2.24, 2.45) is 5.92 Å². The number of rotatable bonds is 5. The molecule has 1 aromatic heterocycles. The number of nitrogens with one attached hydrogen (secondary N) is 1. The van der Waals surface area contributed by atoms with Gasteiger partial charge in [0.1, 0.15) is 0 Å². The normalized spacial score (nSPS) is 19.3. The van der Waals surface area contributed by atoms with Gasteiger partial charge in [0.05, 0.1) is 13.2 Å². The summed E-state index contributed by atoms with van der Waals surface area (Å²) < 4.78 is 11.2. The maximum absolute atomic E-state index is 5.82. The Morgan fingerprint density at radius 1 is 1.40 bits per heavy atom. The van der Waals surface area contributed by atoms with Crippen LogP contribution in [0.3, 0.4) is 0 Å². The van der Waals surface area contributed by atoms with Gasteiger partial charge in [-0.1, -0.05) is 0 Å². The van der Waals surface area contributed by atoms with Gasteiger partial charge in [0.25, 0.3) is 0 Å². The Kier molecular flexibility index (Phi) is 5.00. The highest BCUT2D eigenvalue weighted by molar-refractivity contribution is 5.24. The fourth-order valence-corrected chi connectivity index (χ4v) is 2.17. The first kappa shape index (κ1) is 15.3. The van der Waals surface area contributed by atoms with Crippen LogP contribution in [0.4, 0.5) is 0 Å². The van der Waals surface area contributed by atoms with Crippen LogP contribution >= 0.6 is 0 Å². The number of nitrogens with zero attached hydrogens (tertiary/aromatic N) is 1. The maximum atomic E-state index is 5.82. The van der Waals surface area contributed by atoms with E-state index >= 15 is 0 Å². The summed E-state index contributed by atoms with van der Waals surface area (Å²) in [6, 6.07) is 4.13. The standard InChI is InChI=1S/C16H26N2O2/c1-12-7-14(9-17-16(2,3)4)8-15(18-12)20-11-13-5-6-19-10-13/h7-8,13,17H,5-6,9-11H2,1-4H3. The fourth-order valence-electron chi connectivity index (χ4n) is 2.17. The van der Waals surface area contributed by atoms with Gasteiger partial charge in [-0.2, -0.15) is 0 Å². The molecule has 0 bridgehead atoms. The van der Waals surface area contributed by atoms with Crippen LogP contribution in [0.5, 0.6) is 5.88 Å². The Morgan fingerprint density at radius 2 is 2.20 bits per heavy atom. The lowest BCUT2D eigenvalue weighted by Gasteiger charge is -2.21. The summed E-state index contributed by atoms with van der Waals surface area (Å²) in [6.45, 7) is 11.7. The fraction of sp³-hybridized carbons (Fsp3) is 0.688. The van der Waals surface area contributed by atoms with Crippen LogP contribution in [0.15, 0.2) is 12.1 Å². The Bertz CT molecular complexity index is 435. The highest BCUT2D eigenvalue weighted by Crippen LogP contribution is 2.17. The summed E-state index contributed by atoms with van der Waals surface area (Å²) in [6.07, 6.45) is 1.09. The number of aromatic nitrogens is 1. The molecular weight excluding hydrogens is 252 g/mol. The Hall–Kier alpha value is -1.13.